The van der Waals surface area contributed by atoms with Crippen LogP contribution in [0.2, 0.25) is 0 Å². The molecule has 0 heterocycles. The Bertz CT molecular complexity index is 445. The minimum Gasteiger partial charge on any atom is -0.381 e. The molecule has 2 unspecified atom stereocenters. The van der Waals surface area contributed by atoms with Crippen molar-refractivity contribution in [2.45, 2.75) is 52.0 Å². The zero-order valence-corrected chi connectivity index (χ0v) is 12.0. The lowest BCUT2D eigenvalue weighted by Crippen LogP contribution is -2.28. The molecule has 0 aliphatic heterocycles. The third-order valence-electron chi connectivity index (χ3n) is 3.99. The fourth-order valence-electron chi connectivity index (χ4n) is 3.23. The van der Waals surface area contributed by atoms with Crippen LogP contribution in [0.5, 0.6) is 0 Å². The maximum atomic E-state index is 9.13. The molecule has 1 aliphatic rings. The number of hydrogen-bond donors (Lipinski definition) is 1. The first kappa shape index (κ1) is 13.9. The molecular formula is C17H24N2. The molecule has 0 aromatic heterocycles. The highest BCUT2D eigenvalue weighted by molar-refractivity contribution is 5.57. The van der Waals surface area contributed by atoms with E-state index >= 15 is 0 Å². The number of benzene rings is 1. The molecule has 1 aromatic carbocycles. The summed E-state index contributed by atoms with van der Waals surface area (Å²) in [5, 5.41) is 12.7. The lowest BCUT2D eigenvalue weighted by atomic mass is 9.81. The Morgan fingerprint density at radius 2 is 2.11 bits per heavy atom. The highest BCUT2D eigenvalue weighted by Gasteiger charge is 2.22. The van der Waals surface area contributed by atoms with Crippen molar-refractivity contribution in [1.29, 1.82) is 5.26 Å². The van der Waals surface area contributed by atoms with Crippen molar-refractivity contribution < 1.29 is 0 Å². The Hall–Kier alpha value is -1.49. The van der Waals surface area contributed by atoms with E-state index in [9.17, 15) is 0 Å². The predicted octanol–water partition coefficient (Wildman–Crippen LogP) is 4.58. The van der Waals surface area contributed by atoms with Gasteiger partial charge in [-0.1, -0.05) is 38.8 Å². The van der Waals surface area contributed by atoms with Gasteiger partial charge in [0, 0.05) is 6.04 Å². The van der Waals surface area contributed by atoms with E-state index in [0.717, 1.165) is 23.1 Å². The largest absolute Gasteiger partial charge is 0.381 e. The van der Waals surface area contributed by atoms with E-state index in [4.69, 9.17) is 5.26 Å². The molecule has 1 fully saturated rings. The molecule has 0 bridgehead atoms. The average molecular weight is 256 g/mol. The van der Waals surface area contributed by atoms with Crippen molar-refractivity contribution in [3.8, 4) is 6.07 Å². The van der Waals surface area contributed by atoms with Crippen LogP contribution in [0.25, 0.3) is 0 Å². The molecule has 19 heavy (non-hydrogen) atoms. The topological polar surface area (TPSA) is 35.8 Å². The van der Waals surface area contributed by atoms with Crippen molar-refractivity contribution in [3.63, 3.8) is 0 Å². The number of anilines is 1. The summed E-state index contributed by atoms with van der Waals surface area (Å²) >= 11 is 0. The first-order valence-electron chi connectivity index (χ1n) is 7.44. The summed E-state index contributed by atoms with van der Waals surface area (Å²) < 4.78 is 0. The second-order valence-electron chi connectivity index (χ2n) is 6.16. The molecule has 1 N–H and O–H groups in total. The Morgan fingerprint density at radius 1 is 1.32 bits per heavy atom. The molecule has 1 aromatic rings. The molecule has 2 nitrogen and oxygen atoms in total. The van der Waals surface area contributed by atoms with Crippen molar-refractivity contribution in [1.82, 2.24) is 0 Å². The van der Waals surface area contributed by atoms with Crippen LogP contribution in [0.15, 0.2) is 24.3 Å². The summed E-state index contributed by atoms with van der Waals surface area (Å²) in [5.74, 6) is 1.63. The molecule has 2 heteroatoms. The molecule has 1 saturated carbocycles. The lowest BCUT2D eigenvalue weighted by molar-refractivity contribution is 0.289. The first-order chi connectivity index (χ1) is 9.19. The fraction of sp³-hybridized carbons (Fsp3) is 0.588. The minimum absolute atomic E-state index is 0.534. The standard InChI is InChI=1S/C17H24N2/c1-13(2)10-14-6-5-8-16(11-14)19-17-9-4-3-7-15(17)12-18/h3-4,7,9,13-14,16,19H,5-6,8,10-11H2,1-2H3. The van der Waals surface area contributed by atoms with E-state index in [2.05, 4.69) is 25.2 Å². The molecule has 0 saturated heterocycles. The van der Waals surface area contributed by atoms with E-state index in [0.29, 0.717) is 6.04 Å². The van der Waals surface area contributed by atoms with Gasteiger partial charge >= 0.3 is 0 Å². The van der Waals surface area contributed by atoms with Crippen molar-refractivity contribution in [2.75, 3.05) is 5.32 Å². The van der Waals surface area contributed by atoms with Gasteiger partial charge < -0.3 is 5.32 Å². The second-order valence-corrected chi connectivity index (χ2v) is 6.16. The highest BCUT2D eigenvalue weighted by Crippen LogP contribution is 2.31. The van der Waals surface area contributed by atoms with Crippen LogP contribution in [0, 0.1) is 23.2 Å². The van der Waals surface area contributed by atoms with E-state index in [-0.39, 0.29) is 0 Å². The van der Waals surface area contributed by atoms with Crippen LogP contribution in [0.4, 0.5) is 5.69 Å². The molecule has 0 spiro atoms. The van der Waals surface area contributed by atoms with Crippen molar-refractivity contribution >= 4 is 5.69 Å². The number of hydrogen-bond acceptors (Lipinski definition) is 2. The second kappa shape index (κ2) is 6.61. The predicted molar refractivity (Wildman–Crippen MR) is 80.0 cm³/mol. The van der Waals surface area contributed by atoms with Crippen LogP contribution in [-0.4, -0.2) is 6.04 Å². The molecule has 2 rings (SSSR count). The van der Waals surface area contributed by atoms with E-state index in [1.807, 2.05) is 24.3 Å². The first-order valence-corrected chi connectivity index (χ1v) is 7.44. The van der Waals surface area contributed by atoms with Gasteiger partial charge in [0.1, 0.15) is 6.07 Å². The number of rotatable bonds is 4. The van der Waals surface area contributed by atoms with Crippen LogP contribution in [0.3, 0.4) is 0 Å². The van der Waals surface area contributed by atoms with Gasteiger partial charge in [0.25, 0.3) is 0 Å². The summed E-state index contributed by atoms with van der Waals surface area (Å²) in [6.45, 7) is 4.62. The van der Waals surface area contributed by atoms with E-state index in [1.54, 1.807) is 0 Å². The fourth-order valence-corrected chi connectivity index (χ4v) is 3.23. The van der Waals surface area contributed by atoms with Crippen molar-refractivity contribution in [2.24, 2.45) is 11.8 Å². The number of nitrogens with zero attached hydrogens (tertiary/aromatic N) is 1. The number of para-hydroxylation sites is 1. The van der Waals surface area contributed by atoms with Crippen molar-refractivity contribution in [3.05, 3.63) is 29.8 Å². The third-order valence-corrected chi connectivity index (χ3v) is 3.99. The normalized spacial score (nSPS) is 23.1. The third kappa shape index (κ3) is 3.99. The Morgan fingerprint density at radius 3 is 2.84 bits per heavy atom. The highest BCUT2D eigenvalue weighted by atomic mass is 14.9. The Labute approximate surface area is 116 Å². The Balaban J connectivity index is 1.97. The zero-order chi connectivity index (χ0) is 13.7. The molecule has 2 atom stereocenters. The van der Waals surface area contributed by atoms with Crippen LogP contribution >= 0.6 is 0 Å². The van der Waals surface area contributed by atoms with Crippen LogP contribution < -0.4 is 5.32 Å². The maximum Gasteiger partial charge on any atom is 0.101 e. The van der Waals surface area contributed by atoms with Gasteiger partial charge in [-0.3, -0.25) is 0 Å². The lowest BCUT2D eigenvalue weighted by Gasteiger charge is -2.31. The zero-order valence-electron chi connectivity index (χ0n) is 12.0. The monoisotopic (exact) mass is 256 g/mol. The smallest absolute Gasteiger partial charge is 0.101 e. The average Bonchev–Trinajstić information content (AvgIpc) is 2.39. The Kier molecular flexibility index (Phi) is 4.85. The van der Waals surface area contributed by atoms with Gasteiger partial charge in [-0.05, 0) is 43.2 Å². The summed E-state index contributed by atoms with van der Waals surface area (Å²) in [5.41, 5.74) is 1.76. The number of nitriles is 1. The van der Waals surface area contributed by atoms with Crippen LogP contribution in [-0.2, 0) is 0 Å². The van der Waals surface area contributed by atoms with Gasteiger partial charge in [0.05, 0.1) is 11.3 Å². The number of nitrogens with one attached hydrogen (secondary N) is 1. The van der Waals surface area contributed by atoms with Gasteiger partial charge in [-0.2, -0.15) is 5.26 Å². The summed E-state index contributed by atoms with van der Waals surface area (Å²) in [7, 11) is 0. The maximum absolute atomic E-state index is 9.13. The molecule has 0 radical (unpaired) electrons. The van der Waals surface area contributed by atoms with E-state index in [1.165, 1.54) is 32.1 Å². The molecule has 0 amide bonds. The van der Waals surface area contributed by atoms with Gasteiger partial charge in [-0.15, -0.1) is 0 Å². The van der Waals surface area contributed by atoms with Gasteiger partial charge in [-0.25, -0.2) is 0 Å². The van der Waals surface area contributed by atoms with E-state index < -0.39 is 0 Å². The van der Waals surface area contributed by atoms with Gasteiger partial charge in [0.15, 0.2) is 0 Å². The SMILES string of the molecule is CC(C)CC1CCCC(Nc2ccccc2C#N)C1. The van der Waals surface area contributed by atoms with Gasteiger partial charge in [0.2, 0.25) is 0 Å². The molecular weight excluding hydrogens is 232 g/mol. The van der Waals surface area contributed by atoms with Crippen LogP contribution in [0.1, 0.15) is 51.5 Å². The quantitative estimate of drug-likeness (QED) is 0.856. The summed E-state index contributed by atoms with van der Waals surface area (Å²) in [6.07, 6.45) is 6.49. The summed E-state index contributed by atoms with van der Waals surface area (Å²) in [4.78, 5) is 0. The molecule has 102 valence electrons. The molecule has 1 aliphatic carbocycles. The minimum atomic E-state index is 0.534. The summed E-state index contributed by atoms with van der Waals surface area (Å²) in [6, 6.07) is 10.6.